The number of amides is 1. The molecule has 2 aromatic rings. The van der Waals surface area contributed by atoms with Crippen LogP contribution in [0.3, 0.4) is 0 Å². The maximum absolute atomic E-state index is 12.2. The number of carbonyl (C=O) groups excluding carboxylic acids is 1. The Labute approximate surface area is 194 Å². The van der Waals surface area contributed by atoms with Crippen LogP contribution in [0.5, 0.6) is 0 Å². The van der Waals surface area contributed by atoms with E-state index in [1.54, 1.807) is 25.1 Å². The zero-order chi connectivity index (χ0) is 22.7. The Morgan fingerprint density at radius 2 is 2.13 bits per heavy atom. The summed E-state index contributed by atoms with van der Waals surface area (Å²) >= 11 is 13.8. The van der Waals surface area contributed by atoms with Gasteiger partial charge in [0, 0.05) is 23.5 Å². The fourth-order valence-corrected chi connectivity index (χ4v) is 4.72. The van der Waals surface area contributed by atoms with Crippen molar-refractivity contribution in [1.29, 1.82) is 5.26 Å². The molecule has 1 aromatic carbocycles. The van der Waals surface area contributed by atoms with Crippen molar-refractivity contribution in [3.8, 4) is 6.07 Å². The number of aliphatic imine (C=N–C) groups is 1. The van der Waals surface area contributed by atoms with Crippen molar-refractivity contribution in [2.45, 2.75) is 31.5 Å². The molecule has 0 aliphatic carbocycles. The molecule has 1 atom stereocenters. The molecular weight excluding hydrogens is 455 g/mol. The van der Waals surface area contributed by atoms with Gasteiger partial charge in [0.05, 0.1) is 21.2 Å². The van der Waals surface area contributed by atoms with Gasteiger partial charge in [0.2, 0.25) is 5.91 Å². The third-order valence-corrected chi connectivity index (χ3v) is 6.35. The number of nitriles is 1. The molecule has 1 aromatic heterocycles. The summed E-state index contributed by atoms with van der Waals surface area (Å²) in [6.45, 7) is 4.14. The molecule has 0 unspecified atom stereocenters. The molecule has 7 nitrogen and oxygen atoms in total. The van der Waals surface area contributed by atoms with Gasteiger partial charge in [-0.05, 0) is 50.4 Å². The highest BCUT2D eigenvalue weighted by molar-refractivity contribution is 8.13. The predicted molar refractivity (Wildman–Crippen MR) is 124 cm³/mol. The minimum Gasteiger partial charge on any atom is -0.366 e. The molecule has 0 fully saturated rings. The number of aromatic nitrogens is 1. The van der Waals surface area contributed by atoms with Crippen LogP contribution in [0.25, 0.3) is 0 Å². The van der Waals surface area contributed by atoms with Crippen LogP contribution >= 0.6 is 35.0 Å². The van der Waals surface area contributed by atoms with Crippen LogP contribution in [-0.4, -0.2) is 23.1 Å². The average Bonchev–Trinajstić information content (AvgIpc) is 2.69. The Kier molecular flexibility index (Phi) is 7.23. The molecular formula is C21H20Cl2N6OS. The summed E-state index contributed by atoms with van der Waals surface area (Å²) in [6, 6.07) is 8.52. The number of nitrogens with zero attached hydrogens (tertiary/aromatic N) is 3. The first kappa shape index (κ1) is 23.1. The van der Waals surface area contributed by atoms with Gasteiger partial charge in [-0.2, -0.15) is 5.26 Å². The highest BCUT2D eigenvalue weighted by atomic mass is 35.5. The fourth-order valence-electron chi connectivity index (χ4n) is 3.30. The molecule has 0 bridgehead atoms. The number of nitrogens with two attached hydrogens (primary N) is 1. The molecule has 1 aliphatic rings. The molecule has 4 N–H and O–H groups in total. The van der Waals surface area contributed by atoms with Crippen molar-refractivity contribution in [3.05, 3.63) is 68.0 Å². The molecule has 3 rings (SSSR count). The largest absolute Gasteiger partial charge is 0.366 e. The molecule has 160 valence electrons. The second-order valence-electron chi connectivity index (χ2n) is 6.85. The van der Waals surface area contributed by atoms with E-state index >= 15 is 0 Å². The van der Waals surface area contributed by atoms with E-state index in [0.29, 0.717) is 49.2 Å². The van der Waals surface area contributed by atoms with Gasteiger partial charge in [-0.1, -0.05) is 35.3 Å². The molecule has 0 radical (unpaired) electrons. The summed E-state index contributed by atoms with van der Waals surface area (Å²) in [4.78, 5) is 21.4. The lowest BCUT2D eigenvalue weighted by Crippen LogP contribution is -2.32. The number of rotatable bonds is 5. The molecule has 0 saturated heterocycles. The minimum absolute atomic E-state index is 0.294. The molecule has 1 aliphatic heterocycles. The van der Waals surface area contributed by atoms with Crippen molar-refractivity contribution in [2.75, 3.05) is 7.05 Å². The lowest BCUT2D eigenvalue weighted by Gasteiger charge is -2.26. The molecule has 0 spiro atoms. The first-order chi connectivity index (χ1) is 14.8. The lowest BCUT2D eigenvalue weighted by molar-refractivity contribution is -0.114. The van der Waals surface area contributed by atoms with Crippen LogP contribution in [0.1, 0.15) is 35.3 Å². The van der Waals surface area contributed by atoms with Gasteiger partial charge in [0.1, 0.15) is 17.1 Å². The van der Waals surface area contributed by atoms with Crippen molar-refractivity contribution in [1.82, 2.24) is 15.6 Å². The van der Waals surface area contributed by atoms with Crippen molar-refractivity contribution in [3.63, 3.8) is 0 Å². The van der Waals surface area contributed by atoms with E-state index in [0.717, 1.165) is 11.3 Å². The summed E-state index contributed by atoms with van der Waals surface area (Å²) in [5.74, 6) is -0.610. The third-order valence-electron chi connectivity index (χ3n) is 4.63. The fraction of sp³-hybridized carbons (Fsp3) is 0.238. The SMILES string of the molecule is CNCc1cc(C)nc(SC2=N[C@@H](c3cccc(Cl)c3Cl)C(C(N)=O)=C(C)N2)c1C#N. The Morgan fingerprint density at radius 1 is 1.39 bits per heavy atom. The monoisotopic (exact) mass is 474 g/mol. The molecule has 2 heterocycles. The maximum atomic E-state index is 12.2. The average molecular weight is 475 g/mol. The zero-order valence-electron chi connectivity index (χ0n) is 17.1. The predicted octanol–water partition coefficient (Wildman–Crippen LogP) is 3.84. The standard InChI is InChI=1S/C21H20Cl2N6OS/c1-10-7-12(9-26-3)14(8-24)20(27-10)31-21-28-11(2)16(19(25)30)18(29-21)13-5-4-6-15(22)17(13)23/h4-7,18,26H,9H2,1-3H3,(H2,25,30)(H,28,29)/t18-/m0/s1. The maximum Gasteiger partial charge on any atom is 0.248 e. The van der Waals surface area contributed by atoms with E-state index in [9.17, 15) is 10.1 Å². The normalized spacial score (nSPS) is 15.9. The van der Waals surface area contributed by atoms with Crippen LogP contribution in [-0.2, 0) is 11.3 Å². The third kappa shape index (κ3) is 4.86. The number of halogens is 2. The number of allylic oxidation sites excluding steroid dienone is 1. The van der Waals surface area contributed by atoms with Crippen LogP contribution in [0.2, 0.25) is 10.0 Å². The Balaban J connectivity index is 2.09. The number of pyridine rings is 1. The number of aryl methyl sites for hydroxylation is 1. The number of benzene rings is 1. The van der Waals surface area contributed by atoms with Gasteiger partial charge in [-0.25, -0.2) is 9.98 Å². The number of nitrogens with one attached hydrogen (secondary N) is 2. The van der Waals surface area contributed by atoms with Crippen LogP contribution < -0.4 is 16.4 Å². The van der Waals surface area contributed by atoms with Crippen LogP contribution in [0.4, 0.5) is 0 Å². The van der Waals surface area contributed by atoms with Crippen LogP contribution in [0, 0.1) is 18.3 Å². The summed E-state index contributed by atoms with van der Waals surface area (Å²) < 4.78 is 0. The van der Waals surface area contributed by atoms with Gasteiger partial charge in [-0.3, -0.25) is 4.79 Å². The first-order valence-electron chi connectivity index (χ1n) is 9.29. The van der Waals surface area contributed by atoms with Crippen molar-refractivity contribution < 1.29 is 4.79 Å². The quantitative estimate of drug-likeness (QED) is 0.605. The molecule has 0 saturated carbocycles. The highest BCUT2D eigenvalue weighted by Crippen LogP contribution is 2.39. The summed E-state index contributed by atoms with van der Waals surface area (Å²) in [5.41, 5.74) is 9.14. The van der Waals surface area contributed by atoms with E-state index in [-0.39, 0.29) is 0 Å². The number of primary amides is 1. The first-order valence-corrected chi connectivity index (χ1v) is 10.9. The van der Waals surface area contributed by atoms with Crippen LogP contribution in [0.15, 0.2) is 45.6 Å². The van der Waals surface area contributed by atoms with Gasteiger partial charge < -0.3 is 16.4 Å². The summed E-state index contributed by atoms with van der Waals surface area (Å²) in [7, 11) is 1.81. The summed E-state index contributed by atoms with van der Waals surface area (Å²) in [6.07, 6.45) is 0. The van der Waals surface area contributed by atoms with E-state index in [4.69, 9.17) is 28.9 Å². The zero-order valence-corrected chi connectivity index (χ0v) is 19.4. The Hall–Kier alpha value is -2.57. The topological polar surface area (TPSA) is 116 Å². The Morgan fingerprint density at radius 3 is 2.77 bits per heavy atom. The molecule has 1 amide bonds. The van der Waals surface area contributed by atoms with E-state index in [1.165, 1.54) is 11.8 Å². The number of hydrogen-bond donors (Lipinski definition) is 3. The van der Waals surface area contributed by atoms with Gasteiger partial charge in [0.15, 0.2) is 5.17 Å². The highest BCUT2D eigenvalue weighted by Gasteiger charge is 2.30. The number of carbonyl (C=O) groups is 1. The molecule has 31 heavy (non-hydrogen) atoms. The van der Waals surface area contributed by atoms with Gasteiger partial charge >= 0.3 is 0 Å². The lowest BCUT2D eigenvalue weighted by atomic mass is 9.96. The number of amidine groups is 1. The minimum atomic E-state index is -0.737. The van der Waals surface area contributed by atoms with E-state index < -0.39 is 11.9 Å². The second-order valence-corrected chi connectivity index (χ2v) is 8.62. The van der Waals surface area contributed by atoms with Crippen molar-refractivity contribution >= 4 is 46.0 Å². The summed E-state index contributed by atoms with van der Waals surface area (Å²) in [5, 5.41) is 17.5. The van der Waals surface area contributed by atoms with Gasteiger partial charge in [-0.15, -0.1) is 0 Å². The van der Waals surface area contributed by atoms with Gasteiger partial charge in [0.25, 0.3) is 0 Å². The second kappa shape index (κ2) is 9.71. The number of thioether (sulfide) groups is 1. The van der Waals surface area contributed by atoms with E-state index in [2.05, 4.69) is 26.7 Å². The molecule has 10 heteroatoms. The van der Waals surface area contributed by atoms with E-state index in [1.807, 2.05) is 20.0 Å². The smallest absolute Gasteiger partial charge is 0.248 e. The number of hydrogen-bond acceptors (Lipinski definition) is 7. The van der Waals surface area contributed by atoms with Crippen molar-refractivity contribution in [2.24, 2.45) is 10.7 Å². The Bertz CT molecular complexity index is 1160.